The maximum Gasteiger partial charge on any atom is 0.323 e. The van der Waals surface area contributed by atoms with E-state index in [-0.39, 0.29) is 11.9 Å². The molecular formula is C15H17N5O2S. The van der Waals surface area contributed by atoms with Gasteiger partial charge in [-0.2, -0.15) is 0 Å². The van der Waals surface area contributed by atoms with Crippen LogP contribution >= 0.6 is 11.3 Å². The van der Waals surface area contributed by atoms with Crippen LogP contribution in [0.4, 0.5) is 10.6 Å². The molecule has 2 aromatic rings. The second kappa shape index (κ2) is 6.74. The van der Waals surface area contributed by atoms with Gasteiger partial charge >= 0.3 is 6.03 Å². The normalized spacial score (nSPS) is 17.1. The maximum atomic E-state index is 12.4. The number of hydrogen-bond acceptors (Lipinski definition) is 5. The van der Waals surface area contributed by atoms with E-state index in [0.29, 0.717) is 18.8 Å². The van der Waals surface area contributed by atoms with Gasteiger partial charge in [0.05, 0.1) is 5.69 Å². The van der Waals surface area contributed by atoms with Crippen molar-refractivity contribution in [1.29, 1.82) is 0 Å². The van der Waals surface area contributed by atoms with Crippen molar-refractivity contribution in [1.82, 2.24) is 20.2 Å². The highest BCUT2D eigenvalue weighted by Crippen LogP contribution is 2.25. The lowest BCUT2D eigenvalue weighted by Gasteiger charge is -2.23. The number of amides is 3. The molecule has 23 heavy (non-hydrogen) atoms. The highest BCUT2D eigenvalue weighted by Gasteiger charge is 2.33. The summed E-state index contributed by atoms with van der Waals surface area (Å²) in [5.74, 6) is 0.341. The van der Waals surface area contributed by atoms with Gasteiger partial charge in [-0.25, -0.2) is 9.78 Å². The van der Waals surface area contributed by atoms with Crippen molar-refractivity contribution in [3.63, 3.8) is 0 Å². The molecule has 1 fully saturated rings. The van der Waals surface area contributed by atoms with Gasteiger partial charge in [-0.05, 0) is 25.0 Å². The molecular weight excluding hydrogens is 314 g/mol. The van der Waals surface area contributed by atoms with E-state index >= 15 is 0 Å². The number of aromatic nitrogens is 2. The van der Waals surface area contributed by atoms with Gasteiger partial charge in [-0.1, -0.05) is 6.07 Å². The van der Waals surface area contributed by atoms with Crippen LogP contribution in [0.2, 0.25) is 0 Å². The fraction of sp³-hybridized carbons (Fsp3) is 0.333. The number of likely N-dealkylation sites (N-methyl/N-ethyl adjacent to an activating group) is 1. The summed E-state index contributed by atoms with van der Waals surface area (Å²) < 4.78 is 0. The van der Waals surface area contributed by atoms with Gasteiger partial charge in [-0.3, -0.25) is 15.1 Å². The minimum atomic E-state index is -0.408. The molecule has 0 bridgehead atoms. The van der Waals surface area contributed by atoms with Crippen molar-refractivity contribution >= 4 is 29.1 Å². The summed E-state index contributed by atoms with van der Waals surface area (Å²) in [5, 5.41) is 7.87. The summed E-state index contributed by atoms with van der Waals surface area (Å²) in [4.78, 5) is 34.4. The number of rotatable bonds is 3. The number of nitrogens with one attached hydrogen (secondary N) is 2. The number of carbonyl (C=O) groups excluding carboxylic acids is 2. The molecule has 120 valence electrons. The SMILES string of the molecule is CNC(=O)[C@H]1CCCN1C(=O)Nc1csc(-c2ccccn2)n1. The van der Waals surface area contributed by atoms with Gasteiger partial charge in [0.2, 0.25) is 5.91 Å². The Morgan fingerprint density at radius 1 is 1.39 bits per heavy atom. The Kier molecular flexibility index (Phi) is 4.52. The standard InChI is InChI=1S/C15H17N5O2S/c1-16-13(21)11-6-4-8-20(11)15(22)19-12-9-23-14(18-12)10-5-2-3-7-17-10/h2-3,5,7,9,11H,4,6,8H2,1H3,(H,16,21)(H,19,22)/t11-/m1/s1. The number of carbonyl (C=O) groups is 2. The summed E-state index contributed by atoms with van der Waals surface area (Å²) in [6.07, 6.45) is 3.21. The molecule has 1 aliphatic rings. The summed E-state index contributed by atoms with van der Waals surface area (Å²) >= 11 is 1.41. The topological polar surface area (TPSA) is 87.2 Å². The second-order valence-corrected chi connectivity index (χ2v) is 6.01. The third-order valence-corrected chi connectivity index (χ3v) is 4.55. The third kappa shape index (κ3) is 3.31. The molecule has 1 aliphatic heterocycles. The molecule has 2 aromatic heterocycles. The molecule has 3 rings (SSSR count). The quantitative estimate of drug-likeness (QED) is 0.900. The lowest BCUT2D eigenvalue weighted by atomic mass is 10.2. The first-order valence-corrected chi connectivity index (χ1v) is 8.23. The Bertz CT molecular complexity index is 703. The van der Waals surface area contributed by atoms with Crippen molar-refractivity contribution < 1.29 is 9.59 Å². The van der Waals surface area contributed by atoms with Crippen LogP contribution in [0.5, 0.6) is 0 Å². The minimum absolute atomic E-state index is 0.134. The van der Waals surface area contributed by atoms with Gasteiger partial charge < -0.3 is 10.2 Å². The molecule has 0 aromatic carbocycles. The molecule has 0 aliphatic carbocycles. The van der Waals surface area contributed by atoms with Gasteiger partial charge in [0.15, 0.2) is 0 Å². The lowest BCUT2D eigenvalue weighted by molar-refractivity contribution is -0.124. The van der Waals surface area contributed by atoms with E-state index in [4.69, 9.17) is 0 Å². The summed E-state index contributed by atoms with van der Waals surface area (Å²) in [6.45, 7) is 0.571. The average molecular weight is 331 g/mol. The van der Waals surface area contributed by atoms with Gasteiger partial charge in [0, 0.05) is 25.2 Å². The number of urea groups is 1. The second-order valence-electron chi connectivity index (χ2n) is 5.15. The lowest BCUT2D eigenvalue weighted by Crippen LogP contribution is -2.46. The average Bonchev–Trinajstić information content (AvgIpc) is 3.24. The molecule has 0 unspecified atom stereocenters. The molecule has 0 radical (unpaired) electrons. The maximum absolute atomic E-state index is 12.4. The molecule has 3 amide bonds. The summed E-state index contributed by atoms with van der Waals surface area (Å²) in [7, 11) is 1.58. The third-order valence-electron chi connectivity index (χ3n) is 3.69. The number of likely N-dealkylation sites (tertiary alicyclic amines) is 1. The van der Waals surface area contributed by atoms with E-state index in [1.807, 2.05) is 18.2 Å². The van der Waals surface area contributed by atoms with Gasteiger partial charge in [0.1, 0.15) is 16.9 Å². The fourth-order valence-corrected chi connectivity index (χ4v) is 3.30. The molecule has 1 saturated heterocycles. The van der Waals surface area contributed by atoms with E-state index in [2.05, 4.69) is 20.6 Å². The first-order valence-electron chi connectivity index (χ1n) is 7.35. The largest absolute Gasteiger partial charge is 0.357 e. The van der Waals surface area contributed by atoms with E-state index in [0.717, 1.165) is 17.1 Å². The van der Waals surface area contributed by atoms with E-state index in [1.165, 1.54) is 11.3 Å². The van der Waals surface area contributed by atoms with Crippen LogP contribution < -0.4 is 10.6 Å². The van der Waals surface area contributed by atoms with Crippen LogP contribution in [-0.2, 0) is 4.79 Å². The zero-order chi connectivity index (χ0) is 16.2. The molecule has 2 N–H and O–H groups in total. The highest BCUT2D eigenvalue weighted by molar-refractivity contribution is 7.13. The zero-order valence-electron chi connectivity index (χ0n) is 12.7. The van der Waals surface area contributed by atoms with E-state index < -0.39 is 6.04 Å². The number of anilines is 1. The van der Waals surface area contributed by atoms with Crippen molar-refractivity contribution in [3.8, 4) is 10.7 Å². The van der Waals surface area contributed by atoms with Crippen molar-refractivity contribution in [2.24, 2.45) is 0 Å². The number of pyridine rings is 1. The highest BCUT2D eigenvalue weighted by atomic mass is 32.1. The summed E-state index contributed by atoms with van der Waals surface area (Å²) in [6, 6.07) is 4.89. The van der Waals surface area contributed by atoms with Crippen LogP contribution in [0.3, 0.4) is 0 Å². The van der Waals surface area contributed by atoms with Crippen LogP contribution in [0, 0.1) is 0 Å². The summed E-state index contributed by atoms with van der Waals surface area (Å²) in [5.41, 5.74) is 0.766. The zero-order valence-corrected chi connectivity index (χ0v) is 13.5. The van der Waals surface area contributed by atoms with Crippen LogP contribution in [-0.4, -0.2) is 46.4 Å². The van der Waals surface area contributed by atoms with Crippen LogP contribution in [0.1, 0.15) is 12.8 Å². The first-order chi connectivity index (χ1) is 11.2. The van der Waals surface area contributed by atoms with E-state index in [9.17, 15) is 9.59 Å². The molecule has 3 heterocycles. The minimum Gasteiger partial charge on any atom is -0.357 e. The Labute approximate surface area is 137 Å². The molecule has 7 nitrogen and oxygen atoms in total. The Morgan fingerprint density at radius 2 is 2.26 bits per heavy atom. The smallest absolute Gasteiger partial charge is 0.323 e. The van der Waals surface area contributed by atoms with E-state index in [1.54, 1.807) is 23.5 Å². The van der Waals surface area contributed by atoms with Crippen molar-refractivity contribution in [3.05, 3.63) is 29.8 Å². The Hall–Kier alpha value is -2.48. The Morgan fingerprint density at radius 3 is 3.00 bits per heavy atom. The predicted molar refractivity (Wildman–Crippen MR) is 88.2 cm³/mol. The number of hydrogen-bond donors (Lipinski definition) is 2. The molecule has 0 saturated carbocycles. The molecule has 0 spiro atoms. The van der Waals surface area contributed by atoms with Crippen molar-refractivity contribution in [2.75, 3.05) is 18.9 Å². The van der Waals surface area contributed by atoms with Gasteiger partial charge in [0.25, 0.3) is 0 Å². The predicted octanol–water partition coefficient (Wildman–Crippen LogP) is 1.95. The van der Waals surface area contributed by atoms with Crippen LogP contribution in [0.15, 0.2) is 29.8 Å². The molecule has 1 atom stereocenters. The first kappa shape index (κ1) is 15.4. The van der Waals surface area contributed by atoms with Crippen molar-refractivity contribution in [2.45, 2.75) is 18.9 Å². The molecule has 8 heteroatoms. The van der Waals surface area contributed by atoms with Gasteiger partial charge in [-0.15, -0.1) is 11.3 Å². The number of nitrogens with zero attached hydrogens (tertiary/aromatic N) is 3. The number of thiazole rings is 1. The monoisotopic (exact) mass is 331 g/mol. The fourth-order valence-electron chi connectivity index (χ4n) is 2.57. The Balaban J connectivity index is 1.69. The van der Waals surface area contributed by atoms with Crippen LogP contribution in [0.25, 0.3) is 10.7 Å².